The Balaban J connectivity index is 2.25. The van der Waals surface area contributed by atoms with E-state index in [1.165, 1.54) is 3.57 Å². The SMILES string of the molecule is CNc1cncc(Nc2ccc(I)cc2Br)c1. The molecule has 1 aromatic heterocycles. The molecule has 17 heavy (non-hydrogen) atoms. The molecule has 2 rings (SSSR count). The minimum atomic E-state index is 0.957. The number of hydrogen-bond acceptors (Lipinski definition) is 3. The maximum atomic E-state index is 4.16. The molecular formula is C12H11BrIN3. The summed E-state index contributed by atoms with van der Waals surface area (Å²) in [7, 11) is 1.88. The topological polar surface area (TPSA) is 37.0 Å². The van der Waals surface area contributed by atoms with E-state index in [-0.39, 0.29) is 0 Å². The van der Waals surface area contributed by atoms with Crippen LogP contribution in [-0.4, -0.2) is 12.0 Å². The quantitative estimate of drug-likeness (QED) is 0.753. The van der Waals surface area contributed by atoms with E-state index in [9.17, 15) is 0 Å². The van der Waals surface area contributed by atoms with E-state index in [1.807, 2.05) is 19.2 Å². The minimum Gasteiger partial charge on any atom is -0.387 e. The average molecular weight is 404 g/mol. The summed E-state index contributed by atoms with van der Waals surface area (Å²) in [6.07, 6.45) is 3.58. The van der Waals surface area contributed by atoms with Crippen LogP contribution in [0.25, 0.3) is 0 Å². The van der Waals surface area contributed by atoms with E-state index in [1.54, 1.807) is 12.4 Å². The van der Waals surface area contributed by atoms with Gasteiger partial charge in [-0.15, -0.1) is 0 Å². The summed E-state index contributed by atoms with van der Waals surface area (Å²) in [4.78, 5) is 4.16. The molecule has 0 aliphatic carbocycles. The van der Waals surface area contributed by atoms with Crippen molar-refractivity contribution < 1.29 is 0 Å². The number of benzene rings is 1. The third kappa shape index (κ3) is 3.32. The molecule has 2 N–H and O–H groups in total. The molecule has 1 heterocycles. The number of rotatable bonds is 3. The van der Waals surface area contributed by atoms with Crippen LogP contribution < -0.4 is 10.6 Å². The van der Waals surface area contributed by atoms with Crippen LogP contribution in [0, 0.1) is 3.57 Å². The second-order valence-corrected chi connectivity index (χ2v) is 5.56. The van der Waals surface area contributed by atoms with Crippen molar-refractivity contribution in [2.75, 3.05) is 17.7 Å². The molecule has 0 fully saturated rings. The third-order valence-corrected chi connectivity index (χ3v) is 3.56. The molecule has 0 bridgehead atoms. The average Bonchev–Trinajstić information content (AvgIpc) is 2.33. The summed E-state index contributed by atoms with van der Waals surface area (Å²) in [5, 5.41) is 6.38. The van der Waals surface area contributed by atoms with Crippen molar-refractivity contribution in [1.29, 1.82) is 0 Å². The highest BCUT2D eigenvalue weighted by Crippen LogP contribution is 2.27. The lowest BCUT2D eigenvalue weighted by atomic mass is 10.3. The van der Waals surface area contributed by atoms with Gasteiger partial charge in [0.1, 0.15) is 0 Å². The van der Waals surface area contributed by atoms with Crippen molar-refractivity contribution in [3.05, 3.63) is 44.7 Å². The van der Waals surface area contributed by atoms with Crippen molar-refractivity contribution in [3.8, 4) is 0 Å². The van der Waals surface area contributed by atoms with Crippen LogP contribution in [0.15, 0.2) is 41.1 Å². The fourth-order valence-corrected chi connectivity index (χ4v) is 2.79. The van der Waals surface area contributed by atoms with Crippen molar-refractivity contribution in [2.45, 2.75) is 0 Å². The predicted molar refractivity (Wildman–Crippen MR) is 83.9 cm³/mol. The van der Waals surface area contributed by atoms with Crippen LogP contribution in [0.4, 0.5) is 17.1 Å². The summed E-state index contributed by atoms with van der Waals surface area (Å²) < 4.78 is 2.24. The van der Waals surface area contributed by atoms with Crippen LogP contribution in [0.5, 0.6) is 0 Å². The number of hydrogen-bond donors (Lipinski definition) is 2. The Morgan fingerprint density at radius 3 is 2.65 bits per heavy atom. The Hall–Kier alpha value is -0.820. The Kier molecular flexibility index (Phi) is 4.22. The van der Waals surface area contributed by atoms with E-state index in [4.69, 9.17) is 0 Å². The van der Waals surface area contributed by atoms with E-state index in [2.05, 4.69) is 66.3 Å². The predicted octanol–water partition coefficient (Wildman–Crippen LogP) is 4.23. The molecule has 0 aliphatic heterocycles. The van der Waals surface area contributed by atoms with Gasteiger partial charge in [-0.2, -0.15) is 0 Å². The molecule has 0 saturated heterocycles. The number of halogens is 2. The molecule has 0 saturated carbocycles. The number of aromatic nitrogens is 1. The highest BCUT2D eigenvalue weighted by Gasteiger charge is 2.01. The van der Waals surface area contributed by atoms with Gasteiger partial charge in [-0.1, -0.05) is 0 Å². The van der Waals surface area contributed by atoms with Gasteiger partial charge in [0.2, 0.25) is 0 Å². The first-order valence-electron chi connectivity index (χ1n) is 5.04. The summed E-state index contributed by atoms with van der Waals surface area (Å²) >= 11 is 5.82. The molecule has 0 amide bonds. The zero-order valence-electron chi connectivity index (χ0n) is 9.17. The van der Waals surface area contributed by atoms with Crippen molar-refractivity contribution in [2.24, 2.45) is 0 Å². The lowest BCUT2D eigenvalue weighted by molar-refractivity contribution is 1.30. The summed E-state index contributed by atoms with van der Waals surface area (Å²) in [6.45, 7) is 0. The normalized spacial score (nSPS) is 10.1. The standard InChI is InChI=1S/C12H11BrIN3/c1-15-9-5-10(7-16-6-9)17-12-3-2-8(14)4-11(12)13/h2-7,15,17H,1H3. The first kappa shape index (κ1) is 12.6. The zero-order valence-corrected chi connectivity index (χ0v) is 12.9. The van der Waals surface area contributed by atoms with Gasteiger partial charge in [-0.05, 0) is 62.8 Å². The van der Waals surface area contributed by atoms with Gasteiger partial charge in [-0.3, -0.25) is 4.98 Å². The van der Waals surface area contributed by atoms with Crippen LogP contribution >= 0.6 is 38.5 Å². The van der Waals surface area contributed by atoms with Gasteiger partial charge in [0.25, 0.3) is 0 Å². The molecule has 0 atom stereocenters. The number of nitrogens with zero attached hydrogens (tertiary/aromatic N) is 1. The third-order valence-electron chi connectivity index (χ3n) is 2.24. The van der Waals surface area contributed by atoms with Gasteiger partial charge in [0.15, 0.2) is 0 Å². The lowest BCUT2D eigenvalue weighted by Crippen LogP contribution is -1.95. The van der Waals surface area contributed by atoms with Gasteiger partial charge in [-0.25, -0.2) is 0 Å². The van der Waals surface area contributed by atoms with Gasteiger partial charge < -0.3 is 10.6 Å². The van der Waals surface area contributed by atoms with Gasteiger partial charge in [0, 0.05) is 15.1 Å². The molecule has 5 heteroatoms. The second-order valence-electron chi connectivity index (χ2n) is 3.46. The summed E-state index contributed by atoms with van der Waals surface area (Å²) in [5.41, 5.74) is 2.97. The molecule has 0 spiro atoms. The molecule has 3 nitrogen and oxygen atoms in total. The van der Waals surface area contributed by atoms with Crippen molar-refractivity contribution in [1.82, 2.24) is 4.98 Å². The second kappa shape index (κ2) is 5.68. The largest absolute Gasteiger partial charge is 0.387 e. The highest BCUT2D eigenvalue weighted by molar-refractivity contribution is 14.1. The number of pyridine rings is 1. The number of anilines is 3. The minimum absolute atomic E-state index is 0.957. The van der Waals surface area contributed by atoms with Crippen LogP contribution in [-0.2, 0) is 0 Å². The molecule has 88 valence electrons. The Bertz CT molecular complexity index is 531. The fourth-order valence-electron chi connectivity index (χ4n) is 1.39. The van der Waals surface area contributed by atoms with Crippen LogP contribution in [0.1, 0.15) is 0 Å². The molecule has 0 unspecified atom stereocenters. The molecular weight excluding hydrogens is 393 g/mol. The maximum Gasteiger partial charge on any atom is 0.0591 e. The fraction of sp³-hybridized carbons (Fsp3) is 0.0833. The lowest BCUT2D eigenvalue weighted by Gasteiger charge is -2.09. The molecule has 0 aliphatic rings. The molecule has 0 radical (unpaired) electrons. The van der Waals surface area contributed by atoms with E-state index in [0.29, 0.717) is 0 Å². The van der Waals surface area contributed by atoms with Crippen LogP contribution in [0.2, 0.25) is 0 Å². The van der Waals surface area contributed by atoms with Gasteiger partial charge in [0.05, 0.1) is 29.5 Å². The Labute approximate surface area is 122 Å². The van der Waals surface area contributed by atoms with Crippen LogP contribution in [0.3, 0.4) is 0 Å². The smallest absolute Gasteiger partial charge is 0.0591 e. The first-order chi connectivity index (χ1) is 8.19. The van der Waals surface area contributed by atoms with E-state index < -0.39 is 0 Å². The monoisotopic (exact) mass is 403 g/mol. The van der Waals surface area contributed by atoms with Crippen molar-refractivity contribution in [3.63, 3.8) is 0 Å². The number of nitrogens with one attached hydrogen (secondary N) is 2. The Morgan fingerprint density at radius 1 is 1.18 bits per heavy atom. The highest BCUT2D eigenvalue weighted by atomic mass is 127. The first-order valence-corrected chi connectivity index (χ1v) is 6.91. The zero-order chi connectivity index (χ0) is 12.3. The Morgan fingerprint density at radius 2 is 1.94 bits per heavy atom. The van der Waals surface area contributed by atoms with Crippen molar-refractivity contribution >= 4 is 55.6 Å². The maximum absolute atomic E-state index is 4.16. The van der Waals surface area contributed by atoms with E-state index in [0.717, 1.165) is 21.5 Å². The van der Waals surface area contributed by atoms with Gasteiger partial charge >= 0.3 is 0 Å². The molecule has 1 aromatic carbocycles. The summed E-state index contributed by atoms with van der Waals surface area (Å²) in [6, 6.07) is 8.18. The summed E-state index contributed by atoms with van der Waals surface area (Å²) in [5.74, 6) is 0. The molecule has 2 aromatic rings. The van der Waals surface area contributed by atoms with E-state index >= 15 is 0 Å².